The molecule has 0 saturated heterocycles. The maximum Gasteiger partial charge on any atom is 0.263 e. The highest BCUT2D eigenvalue weighted by molar-refractivity contribution is 5.60. The van der Waals surface area contributed by atoms with Gasteiger partial charge in [-0.15, -0.1) is 0 Å². The van der Waals surface area contributed by atoms with Gasteiger partial charge in [0, 0.05) is 12.3 Å². The summed E-state index contributed by atoms with van der Waals surface area (Å²) >= 11 is 0. The first-order chi connectivity index (χ1) is 12.2. The van der Waals surface area contributed by atoms with Crippen molar-refractivity contribution in [2.75, 3.05) is 14.2 Å². The number of methoxy groups -OCH3 is 2. The van der Waals surface area contributed by atoms with E-state index >= 15 is 0 Å². The van der Waals surface area contributed by atoms with Gasteiger partial charge in [-0.3, -0.25) is 0 Å². The SMILES string of the molecule is COc1ccc(Cc2noc(-c3c(C)noc3C3CC3)n2)cc1OC. The first-order valence-electron chi connectivity index (χ1n) is 8.19. The molecule has 4 rings (SSSR count). The number of hydrogen-bond donors (Lipinski definition) is 0. The normalized spacial score (nSPS) is 13.9. The monoisotopic (exact) mass is 341 g/mol. The Bertz CT molecular complexity index is 896. The Labute approximate surface area is 144 Å². The topological polar surface area (TPSA) is 83.4 Å². The van der Waals surface area contributed by atoms with E-state index in [4.69, 9.17) is 18.5 Å². The van der Waals surface area contributed by atoms with Crippen molar-refractivity contribution in [2.24, 2.45) is 0 Å². The molecule has 7 heteroatoms. The van der Waals surface area contributed by atoms with Gasteiger partial charge in [-0.1, -0.05) is 16.4 Å². The van der Waals surface area contributed by atoms with E-state index in [0.717, 1.165) is 35.4 Å². The summed E-state index contributed by atoms with van der Waals surface area (Å²) in [5.74, 6) is 3.72. The van der Waals surface area contributed by atoms with Crippen LogP contribution in [0.4, 0.5) is 0 Å². The fraction of sp³-hybridized carbons (Fsp3) is 0.389. The van der Waals surface area contributed by atoms with Gasteiger partial charge in [0.15, 0.2) is 23.1 Å². The van der Waals surface area contributed by atoms with Crippen LogP contribution in [0.1, 0.15) is 41.6 Å². The highest BCUT2D eigenvalue weighted by Gasteiger charge is 2.34. The lowest BCUT2D eigenvalue weighted by Gasteiger charge is -2.08. The lowest BCUT2D eigenvalue weighted by atomic mass is 10.1. The summed E-state index contributed by atoms with van der Waals surface area (Å²) in [5, 5.41) is 8.16. The van der Waals surface area contributed by atoms with Crippen LogP contribution in [0, 0.1) is 6.92 Å². The highest BCUT2D eigenvalue weighted by atomic mass is 16.5. The Morgan fingerprint density at radius 3 is 2.60 bits per heavy atom. The molecule has 3 aromatic rings. The first kappa shape index (κ1) is 15.7. The third kappa shape index (κ3) is 2.97. The largest absolute Gasteiger partial charge is 0.493 e. The third-order valence-electron chi connectivity index (χ3n) is 4.33. The van der Waals surface area contributed by atoms with Gasteiger partial charge in [0.05, 0.1) is 19.9 Å². The molecule has 0 aliphatic heterocycles. The number of nitrogens with zero attached hydrogens (tertiary/aromatic N) is 3. The molecule has 1 aliphatic carbocycles. The minimum atomic E-state index is 0.428. The van der Waals surface area contributed by atoms with Crippen LogP contribution in [0.5, 0.6) is 11.5 Å². The zero-order valence-electron chi connectivity index (χ0n) is 14.4. The van der Waals surface area contributed by atoms with E-state index in [2.05, 4.69) is 15.3 Å². The van der Waals surface area contributed by atoms with E-state index < -0.39 is 0 Å². The Morgan fingerprint density at radius 2 is 1.88 bits per heavy atom. The van der Waals surface area contributed by atoms with Crippen LogP contribution < -0.4 is 9.47 Å². The predicted octanol–water partition coefficient (Wildman–Crippen LogP) is 3.52. The number of aromatic nitrogens is 3. The van der Waals surface area contributed by atoms with Gasteiger partial charge in [-0.25, -0.2) is 0 Å². The number of aryl methyl sites for hydroxylation is 1. The van der Waals surface area contributed by atoms with Crippen LogP contribution in [0.25, 0.3) is 11.5 Å². The Balaban J connectivity index is 1.59. The van der Waals surface area contributed by atoms with Crippen molar-refractivity contribution in [1.29, 1.82) is 0 Å². The van der Waals surface area contributed by atoms with E-state index in [1.54, 1.807) is 14.2 Å². The molecule has 0 unspecified atom stereocenters. The van der Waals surface area contributed by atoms with Crippen molar-refractivity contribution in [1.82, 2.24) is 15.3 Å². The second-order valence-electron chi connectivity index (χ2n) is 6.16. The minimum absolute atomic E-state index is 0.428. The highest BCUT2D eigenvalue weighted by Crippen LogP contribution is 2.45. The average molecular weight is 341 g/mol. The summed E-state index contributed by atoms with van der Waals surface area (Å²) in [4.78, 5) is 4.53. The Kier molecular flexibility index (Phi) is 3.91. The third-order valence-corrected chi connectivity index (χ3v) is 4.33. The summed E-state index contributed by atoms with van der Waals surface area (Å²) in [7, 11) is 3.23. The molecule has 0 atom stereocenters. The maximum atomic E-state index is 5.47. The summed E-state index contributed by atoms with van der Waals surface area (Å²) in [5.41, 5.74) is 2.63. The summed E-state index contributed by atoms with van der Waals surface area (Å²) in [6, 6.07) is 5.73. The van der Waals surface area contributed by atoms with Gasteiger partial charge in [0.1, 0.15) is 5.56 Å². The maximum absolute atomic E-state index is 5.47. The zero-order valence-corrected chi connectivity index (χ0v) is 14.4. The van der Waals surface area contributed by atoms with Crippen molar-refractivity contribution in [2.45, 2.75) is 32.1 Å². The fourth-order valence-corrected chi connectivity index (χ4v) is 2.87. The van der Waals surface area contributed by atoms with Gasteiger partial charge >= 0.3 is 0 Å². The summed E-state index contributed by atoms with van der Waals surface area (Å²) < 4.78 is 21.5. The molecule has 1 fully saturated rings. The van der Waals surface area contributed by atoms with Gasteiger partial charge in [-0.2, -0.15) is 4.98 Å². The van der Waals surface area contributed by atoms with E-state index in [1.807, 2.05) is 25.1 Å². The molecule has 2 aromatic heterocycles. The van der Waals surface area contributed by atoms with Crippen molar-refractivity contribution < 1.29 is 18.5 Å². The lowest BCUT2D eigenvalue weighted by molar-refractivity contribution is 0.354. The van der Waals surface area contributed by atoms with E-state index in [1.165, 1.54) is 0 Å². The molecule has 130 valence electrons. The van der Waals surface area contributed by atoms with E-state index in [0.29, 0.717) is 35.6 Å². The van der Waals surface area contributed by atoms with Crippen molar-refractivity contribution in [3.63, 3.8) is 0 Å². The molecule has 0 bridgehead atoms. The minimum Gasteiger partial charge on any atom is -0.493 e. The molecular weight excluding hydrogens is 322 g/mol. The smallest absolute Gasteiger partial charge is 0.263 e. The van der Waals surface area contributed by atoms with Crippen molar-refractivity contribution >= 4 is 0 Å². The van der Waals surface area contributed by atoms with Crippen LogP contribution in [0.2, 0.25) is 0 Å². The van der Waals surface area contributed by atoms with Crippen LogP contribution >= 0.6 is 0 Å². The lowest BCUT2D eigenvalue weighted by Crippen LogP contribution is -1.95. The molecule has 1 saturated carbocycles. The molecule has 0 N–H and O–H groups in total. The van der Waals surface area contributed by atoms with Crippen molar-refractivity contribution in [3.05, 3.63) is 41.0 Å². The zero-order chi connectivity index (χ0) is 17.4. The Morgan fingerprint density at radius 1 is 1.08 bits per heavy atom. The van der Waals surface area contributed by atoms with Crippen LogP contribution in [0.3, 0.4) is 0 Å². The summed E-state index contributed by atoms with van der Waals surface area (Å²) in [6.07, 6.45) is 2.77. The molecular formula is C18H19N3O4. The van der Waals surface area contributed by atoms with Crippen LogP contribution in [-0.4, -0.2) is 29.5 Å². The first-order valence-corrected chi connectivity index (χ1v) is 8.19. The Hall–Kier alpha value is -2.83. The van der Waals surface area contributed by atoms with Crippen molar-refractivity contribution in [3.8, 4) is 23.0 Å². The molecule has 0 radical (unpaired) electrons. The van der Waals surface area contributed by atoms with E-state index in [-0.39, 0.29) is 0 Å². The fourth-order valence-electron chi connectivity index (χ4n) is 2.87. The molecule has 2 heterocycles. The quantitative estimate of drug-likeness (QED) is 0.678. The average Bonchev–Trinajstić information content (AvgIpc) is 3.26. The molecule has 1 aromatic carbocycles. The number of rotatable bonds is 6. The molecule has 7 nitrogen and oxygen atoms in total. The van der Waals surface area contributed by atoms with Crippen LogP contribution in [0.15, 0.2) is 27.2 Å². The predicted molar refractivity (Wildman–Crippen MR) is 88.9 cm³/mol. The van der Waals surface area contributed by atoms with Crippen LogP contribution in [-0.2, 0) is 6.42 Å². The van der Waals surface area contributed by atoms with Gasteiger partial charge in [0.25, 0.3) is 5.89 Å². The number of ether oxygens (including phenoxy) is 2. The standard InChI is InChI=1S/C18H19N3O4/c1-10-16(17(24-20-10)12-5-6-12)18-19-15(21-25-18)9-11-4-7-13(22-2)14(8-11)23-3/h4,7-8,12H,5-6,9H2,1-3H3. The molecule has 0 spiro atoms. The molecule has 1 aliphatic rings. The molecule has 0 amide bonds. The van der Waals surface area contributed by atoms with E-state index in [9.17, 15) is 0 Å². The molecule has 25 heavy (non-hydrogen) atoms. The second-order valence-corrected chi connectivity index (χ2v) is 6.16. The summed E-state index contributed by atoms with van der Waals surface area (Å²) in [6.45, 7) is 1.89. The van der Waals surface area contributed by atoms with Gasteiger partial charge in [-0.05, 0) is 37.5 Å². The van der Waals surface area contributed by atoms with Gasteiger partial charge < -0.3 is 18.5 Å². The second kappa shape index (κ2) is 6.23. The number of benzene rings is 1. The van der Waals surface area contributed by atoms with Gasteiger partial charge in [0.2, 0.25) is 0 Å². The number of hydrogen-bond acceptors (Lipinski definition) is 7.